The minimum Gasteiger partial charge on any atom is -0.272 e. The highest BCUT2D eigenvalue weighted by Crippen LogP contribution is 2.37. The number of nitrogens with zero attached hydrogens (tertiary/aromatic N) is 1. The fraction of sp³-hybridized carbons (Fsp3) is 0.444. The van der Waals surface area contributed by atoms with Gasteiger partial charge in [0.05, 0.1) is 6.54 Å². The van der Waals surface area contributed by atoms with E-state index in [1.165, 1.54) is 25.2 Å². The number of hydrogen-bond acceptors (Lipinski definition) is 4. The summed E-state index contributed by atoms with van der Waals surface area (Å²) in [5, 5.41) is 1.85. The third kappa shape index (κ3) is 1.45. The number of carbonyl (C=O) groups is 1. The fourth-order valence-electron chi connectivity index (χ4n) is 1.48. The van der Waals surface area contributed by atoms with E-state index in [4.69, 9.17) is 0 Å². The predicted octanol–water partition coefficient (Wildman–Crippen LogP) is 1.96. The standard InChI is InChI=1S/C9H10BrNO3S2/c1-9(2)8(12)11(16(9,13)14)5-7-6(10)3-4-15-7/h3-4H,5H2,1-2H3. The zero-order valence-corrected chi connectivity index (χ0v) is 11.9. The number of amides is 1. The van der Waals surface area contributed by atoms with Gasteiger partial charge in [0.1, 0.15) is 0 Å². The summed E-state index contributed by atoms with van der Waals surface area (Å²) < 4.78 is 24.1. The highest BCUT2D eigenvalue weighted by Gasteiger charge is 2.60. The van der Waals surface area contributed by atoms with Crippen LogP contribution in [0.1, 0.15) is 18.7 Å². The second kappa shape index (κ2) is 3.54. The van der Waals surface area contributed by atoms with Crippen LogP contribution in [0.5, 0.6) is 0 Å². The van der Waals surface area contributed by atoms with Gasteiger partial charge in [0.2, 0.25) is 0 Å². The van der Waals surface area contributed by atoms with Gasteiger partial charge < -0.3 is 0 Å². The quantitative estimate of drug-likeness (QED) is 0.836. The Bertz CT molecular complexity index is 547. The first kappa shape index (κ1) is 12.1. The van der Waals surface area contributed by atoms with Crippen molar-refractivity contribution >= 4 is 43.2 Å². The molecule has 0 atom stereocenters. The zero-order valence-electron chi connectivity index (χ0n) is 8.73. The first-order valence-electron chi connectivity index (χ1n) is 4.57. The van der Waals surface area contributed by atoms with E-state index < -0.39 is 14.8 Å². The molecular weight excluding hydrogens is 314 g/mol. The molecule has 0 bridgehead atoms. The number of carbonyl (C=O) groups excluding carboxylic acids is 1. The Kier molecular flexibility index (Phi) is 2.67. The van der Waals surface area contributed by atoms with Crippen molar-refractivity contribution in [3.63, 3.8) is 0 Å². The van der Waals surface area contributed by atoms with Crippen molar-refractivity contribution in [3.8, 4) is 0 Å². The lowest BCUT2D eigenvalue weighted by atomic mass is 10.2. The van der Waals surface area contributed by atoms with Crippen molar-refractivity contribution in [2.24, 2.45) is 0 Å². The maximum Gasteiger partial charge on any atom is 0.259 e. The molecule has 88 valence electrons. The van der Waals surface area contributed by atoms with Gasteiger partial charge in [0.15, 0.2) is 4.75 Å². The van der Waals surface area contributed by atoms with Gasteiger partial charge in [-0.1, -0.05) is 0 Å². The number of thiophene rings is 1. The van der Waals surface area contributed by atoms with E-state index in [-0.39, 0.29) is 12.5 Å². The van der Waals surface area contributed by atoms with Crippen molar-refractivity contribution in [1.29, 1.82) is 0 Å². The molecular formula is C9H10BrNO3S2. The van der Waals surface area contributed by atoms with Crippen LogP contribution < -0.4 is 0 Å². The van der Waals surface area contributed by atoms with Crippen LogP contribution >= 0.6 is 27.3 Å². The van der Waals surface area contributed by atoms with Crippen molar-refractivity contribution < 1.29 is 13.2 Å². The van der Waals surface area contributed by atoms with Crippen LogP contribution in [0, 0.1) is 0 Å². The van der Waals surface area contributed by atoms with Gasteiger partial charge in [0, 0.05) is 9.35 Å². The molecule has 0 aromatic carbocycles. The predicted molar refractivity (Wildman–Crippen MR) is 65.6 cm³/mol. The number of halogens is 1. The van der Waals surface area contributed by atoms with E-state index >= 15 is 0 Å². The summed E-state index contributed by atoms with van der Waals surface area (Å²) >= 11 is 4.74. The first-order valence-corrected chi connectivity index (χ1v) is 7.68. The van der Waals surface area contributed by atoms with Gasteiger partial charge in [-0.3, -0.25) is 4.79 Å². The molecule has 0 unspecified atom stereocenters. The summed E-state index contributed by atoms with van der Waals surface area (Å²) in [6, 6.07) is 1.84. The van der Waals surface area contributed by atoms with Gasteiger partial charge in [0.25, 0.3) is 15.9 Å². The van der Waals surface area contributed by atoms with Crippen LogP contribution in [0.3, 0.4) is 0 Å². The third-order valence-electron chi connectivity index (χ3n) is 2.65. The van der Waals surface area contributed by atoms with E-state index in [1.807, 2.05) is 11.4 Å². The smallest absolute Gasteiger partial charge is 0.259 e. The minimum absolute atomic E-state index is 0.128. The van der Waals surface area contributed by atoms with Gasteiger partial charge in [-0.25, -0.2) is 12.7 Å². The molecule has 0 radical (unpaired) electrons. The molecule has 0 aliphatic carbocycles. The van der Waals surface area contributed by atoms with Crippen LogP contribution in [0.15, 0.2) is 15.9 Å². The molecule has 1 fully saturated rings. The minimum atomic E-state index is -3.47. The summed E-state index contributed by atoms with van der Waals surface area (Å²) in [7, 11) is -3.47. The summed E-state index contributed by atoms with van der Waals surface area (Å²) in [6.45, 7) is 3.00. The average molecular weight is 324 g/mol. The van der Waals surface area contributed by atoms with Gasteiger partial charge >= 0.3 is 0 Å². The van der Waals surface area contributed by atoms with Gasteiger partial charge in [-0.15, -0.1) is 11.3 Å². The van der Waals surface area contributed by atoms with Crippen LogP contribution in [0.25, 0.3) is 0 Å². The second-order valence-corrected chi connectivity index (χ2v) is 8.29. The molecule has 1 aromatic rings. The lowest BCUT2D eigenvalue weighted by Crippen LogP contribution is -2.66. The molecule has 2 heterocycles. The fourth-order valence-corrected chi connectivity index (χ4v) is 4.52. The maximum absolute atomic E-state index is 11.8. The molecule has 16 heavy (non-hydrogen) atoms. The second-order valence-electron chi connectivity index (χ2n) is 4.02. The molecule has 0 N–H and O–H groups in total. The zero-order chi connectivity index (χ0) is 12.1. The lowest BCUT2D eigenvalue weighted by molar-refractivity contribution is -0.132. The molecule has 0 spiro atoms. The Morgan fingerprint density at radius 1 is 1.50 bits per heavy atom. The summed E-state index contributed by atoms with van der Waals surface area (Å²) in [6.07, 6.45) is 0. The van der Waals surface area contributed by atoms with Crippen molar-refractivity contribution in [2.45, 2.75) is 25.1 Å². The van der Waals surface area contributed by atoms with E-state index in [0.29, 0.717) is 0 Å². The lowest BCUT2D eigenvalue weighted by Gasteiger charge is -2.42. The highest BCUT2D eigenvalue weighted by atomic mass is 79.9. The molecule has 7 heteroatoms. The topological polar surface area (TPSA) is 54.5 Å². The first-order chi connectivity index (χ1) is 7.28. The van der Waals surface area contributed by atoms with Crippen LogP contribution in [-0.4, -0.2) is 23.4 Å². The largest absolute Gasteiger partial charge is 0.272 e. The maximum atomic E-state index is 11.8. The van der Waals surface area contributed by atoms with Crippen LogP contribution in [0.4, 0.5) is 0 Å². The molecule has 1 aliphatic rings. The highest BCUT2D eigenvalue weighted by molar-refractivity contribution is 9.10. The van der Waals surface area contributed by atoms with Crippen molar-refractivity contribution in [2.75, 3.05) is 0 Å². The molecule has 1 aliphatic heterocycles. The summed E-state index contributed by atoms with van der Waals surface area (Å²) in [5.74, 6) is -0.340. The van der Waals surface area contributed by atoms with Gasteiger partial charge in [-0.05, 0) is 41.2 Å². The Morgan fingerprint density at radius 3 is 2.56 bits per heavy atom. The Labute approximate surface area is 106 Å². The summed E-state index contributed by atoms with van der Waals surface area (Å²) in [4.78, 5) is 12.5. The van der Waals surface area contributed by atoms with E-state index in [1.54, 1.807) is 0 Å². The van der Waals surface area contributed by atoms with Crippen molar-refractivity contribution in [1.82, 2.24) is 4.31 Å². The number of sulfonamides is 1. The number of hydrogen-bond donors (Lipinski definition) is 0. The molecule has 1 saturated heterocycles. The molecule has 2 rings (SSSR count). The van der Waals surface area contributed by atoms with E-state index in [0.717, 1.165) is 13.7 Å². The van der Waals surface area contributed by atoms with Crippen LogP contribution in [-0.2, 0) is 21.4 Å². The molecule has 4 nitrogen and oxygen atoms in total. The van der Waals surface area contributed by atoms with Crippen LogP contribution in [0.2, 0.25) is 0 Å². The van der Waals surface area contributed by atoms with E-state index in [9.17, 15) is 13.2 Å². The molecule has 0 saturated carbocycles. The van der Waals surface area contributed by atoms with E-state index in [2.05, 4.69) is 15.9 Å². The summed E-state index contributed by atoms with van der Waals surface area (Å²) in [5.41, 5.74) is 0. The Morgan fingerprint density at radius 2 is 2.12 bits per heavy atom. The third-order valence-corrected chi connectivity index (χ3v) is 6.91. The number of rotatable bonds is 2. The normalized spacial score (nSPS) is 21.9. The SMILES string of the molecule is CC1(C)C(=O)N(Cc2sccc2Br)S1(=O)=O. The Balaban J connectivity index is 2.27. The molecule has 1 aromatic heterocycles. The molecule has 1 amide bonds. The average Bonchev–Trinajstić information content (AvgIpc) is 2.59. The Hall–Kier alpha value is -0.400. The van der Waals surface area contributed by atoms with Gasteiger partial charge in [-0.2, -0.15) is 0 Å². The monoisotopic (exact) mass is 323 g/mol. The van der Waals surface area contributed by atoms with Crippen molar-refractivity contribution in [3.05, 3.63) is 20.8 Å².